The monoisotopic (exact) mass is 288 g/mol. The number of nitrogens with one attached hydrogen (secondary N) is 2. The predicted octanol–water partition coefficient (Wildman–Crippen LogP) is 2.21. The standard InChI is InChI=1S/C13H16N6O2/c1-2-6-15-13-17-9-11(19(20)21)12(18-13)16-8-10-5-3-4-7-14-10/h3-5,7,9H,2,6,8H2,1H3,(H2,15,16,17,18). The van der Waals surface area contributed by atoms with Crippen molar-refractivity contribution in [2.45, 2.75) is 19.9 Å². The number of aromatic nitrogens is 3. The first-order valence-corrected chi connectivity index (χ1v) is 6.59. The van der Waals surface area contributed by atoms with E-state index in [1.807, 2.05) is 25.1 Å². The summed E-state index contributed by atoms with van der Waals surface area (Å²) in [4.78, 5) is 22.7. The minimum Gasteiger partial charge on any atom is -0.359 e. The van der Waals surface area contributed by atoms with Crippen molar-refractivity contribution < 1.29 is 4.92 Å². The van der Waals surface area contributed by atoms with Crippen molar-refractivity contribution in [3.05, 3.63) is 46.4 Å². The summed E-state index contributed by atoms with van der Waals surface area (Å²) in [6, 6.07) is 5.49. The van der Waals surface area contributed by atoms with Gasteiger partial charge in [-0.2, -0.15) is 4.98 Å². The van der Waals surface area contributed by atoms with Gasteiger partial charge in [-0.1, -0.05) is 13.0 Å². The van der Waals surface area contributed by atoms with E-state index >= 15 is 0 Å². The molecule has 0 bridgehead atoms. The summed E-state index contributed by atoms with van der Waals surface area (Å²) in [5.41, 5.74) is 0.612. The summed E-state index contributed by atoms with van der Waals surface area (Å²) < 4.78 is 0. The van der Waals surface area contributed by atoms with E-state index in [0.29, 0.717) is 19.0 Å². The summed E-state index contributed by atoms with van der Waals surface area (Å²) >= 11 is 0. The van der Waals surface area contributed by atoms with Gasteiger partial charge in [-0.25, -0.2) is 4.98 Å². The van der Waals surface area contributed by atoms with Gasteiger partial charge in [0.15, 0.2) is 0 Å². The molecule has 2 aromatic rings. The van der Waals surface area contributed by atoms with Crippen molar-refractivity contribution in [3.8, 4) is 0 Å². The molecule has 0 aromatic carbocycles. The van der Waals surface area contributed by atoms with Crippen LogP contribution in [0.15, 0.2) is 30.6 Å². The third kappa shape index (κ3) is 4.10. The zero-order valence-electron chi connectivity index (χ0n) is 11.6. The zero-order chi connectivity index (χ0) is 15.1. The molecule has 0 fully saturated rings. The average molecular weight is 288 g/mol. The van der Waals surface area contributed by atoms with E-state index in [4.69, 9.17) is 0 Å². The van der Waals surface area contributed by atoms with Crippen molar-refractivity contribution >= 4 is 17.5 Å². The fourth-order valence-electron chi connectivity index (χ4n) is 1.64. The number of hydrogen-bond acceptors (Lipinski definition) is 7. The van der Waals surface area contributed by atoms with Crippen LogP contribution >= 0.6 is 0 Å². The predicted molar refractivity (Wildman–Crippen MR) is 79.0 cm³/mol. The molecule has 0 amide bonds. The average Bonchev–Trinajstić information content (AvgIpc) is 2.51. The summed E-state index contributed by atoms with van der Waals surface area (Å²) in [5, 5.41) is 16.9. The molecule has 2 aromatic heterocycles. The first-order chi connectivity index (χ1) is 10.2. The number of rotatable bonds is 7. The lowest BCUT2D eigenvalue weighted by molar-refractivity contribution is -0.384. The Morgan fingerprint density at radius 2 is 2.14 bits per heavy atom. The molecule has 0 aliphatic heterocycles. The highest BCUT2D eigenvalue weighted by Crippen LogP contribution is 2.22. The van der Waals surface area contributed by atoms with Crippen LogP contribution in [0.3, 0.4) is 0 Å². The van der Waals surface area contributed by atoms with Crippen LogP contribution in [-0.4, -0.2) is 26.4 Å². The maximum Gasteiger partial charge on any atom is 0.329 e. The second kappa shape index (κ2) is 7.13. The van der Waals surface area contributed by atoms with E-state index < -0.39 is 4.92 Å². The molecule has 0 radical (unpaired) electrons. The Hall–Kier alpha value is -2.77. The van der Waals surface area contributed by atoms with Crippen LogP contribution in [0.1, 0.15) is 19.0 Å². The Morgan fingerprint density at radius 1 is 1.29 bits per heavy atom. The van der Waals surface area contributed by atoms with E-state index in [1.165, 1.54) is 6.20 Å². The molecule has 21 heavy (non-hydrogen) atoms. The molecule has 0 saturated heterocycles. The zero-order valence-corrected chi connectivity index (χ0v) is 11.6. The van der Waals surface area contributed by atoms with Crippen LogP contribution in [0.25, 0.3) is 0 Å². The fourth-order valence-corrected chi connectivity index (χ4v) is 1.64. The van der Waals surface area contributed by atoms with Crippen LogP contribution < -0.4 is 10.6 Å². The largest absolute Gasteiger partial charge is 0.359 e. The first-order valence-electron chi connectivity index (χ1n) is 6.59. The van der Waals surface area contributed by atoms with Crippen LogP contribution in [0.4, 0.5) is 17.5 Å². The van der Waals surface area contributed by atoms with Gasteiger partial charge in [0.1, 0.15) is 6.20 Å². The van der Waals surface area contributed by atoms with Crippen molar-refractivity contribution in [1.82, 2.24) is 15.0 Å². The maximum absolute atomic E-state index is 11.0. The molecule has 0 atom stereocenters. The molecule has 110 valence electrons. The number of nitro groups is 1. The summed E-state index contributed by atoms with van der Waals surface area (Å²) in [6.45, 7) is 3.07. The van der Waals surface area contributed by atoms with Gasteiger partial charge in [0.25, 0.3) is 0 Å². The molecule has 0 unspecified atom stereocenters. The third-order valence-corrected chi connectivity index (χ3v) is 2.66. The van der Waals surface area contributed by atoms with Crippen LogP contribution in [-0.2, 0) is 6.54 Å². The Kier molecular flexibility index (Phi) is 4.97. The van der Waals surface area contributed by atoms with Crippen molar-refractivity contribution in [3.63, 3.8) is 0 Å². The van der Waals surface area contributed by atoms with Gasteiger partial charge in [-0.3, -0.25) is 15.1 Å². The Morgan fingerprint density at radius 3 is 2.81 bits per heavy atom. The SMILES string of the molecule is CCCNc1ncc([N+](=O)[O-])c(NCc2ccccn2)n1. The summed E-state index contributed by atoms with van der Waals surface area (Å²) in [6.07, 6.45) is 3.78. The molecular weight excluding hydrogens is 272 g/mol. The second-order valence-corrected chi connectivity index (χ2v) is 4.29. The lowest BCUT2D eigenvalue weighted by Gasteiger charge is -2.08. The quantitative estimate of drug-likeness (QED) is 0.594. The summed E-state index contributed by atoms with van der Waals surface area (Å²) in [5.74, 6) is 0.547. The molecule has 2 N–H and O–H groups in total. The smallest absolute Gasteiger partial charge is 0.329 e. The molecule has 8 nitrogen and oxygen atoms in total. The number of nitrogens with zero attached hydrogens (tertiary/aromatic N) is 4. The molecule has 8 heteroatoms. The lowest BCUT2D eigenvalue weighted by atomic mass is 10.3. The third-order valence-electron chi connectivity index (χ3n) is 2.66. The van der Waals surface area contributed by atoms with Gasteiger partial charge in [0.2, 0.25) is 11.8 Å². The Labute approximate surface area is 121 Å². The van der Waals surface area contributed by atoms with Crippen LogP contribution in [0.2, 0.25) is 0 Å². The van der Waals surface area contributed by atoms with Gasteiger partial charge >= 0.3 is 5.69 Å². The normalized spacial score (nSPS) is 10.1. The number of anilines is 2. The lowest BCUT2D eigenvalue weighted by Crippen LogP contribution is -2.10. The summed E-state index contributed by atoms with van der Waals surface area (Å²) in [7, 11) is 0. The molecular formula is C13H16N6O2. The second-order valence-electron chi connectivity index (χ2n) is 4.29. The van der Waals surface area contributed by atoms with E-state index in [0.717, 1.165) is 12.1 Å². The first kappa shape index (κ1) is 14.6. The van der Waals surface area contributed by atoms with E-state index in [1.54, 1.807) is 6.20 Å². The van der Waals surface area contributed by atoms with Gasteiger partial charge in [0.05, 0.1) is 17.2 Å². The minimum atomic E-state index is -0.510. The molecule has 0 spiro atoms. The highest BCUT2D eigenvalue weighted by Gasteiger charge is 2.17. The maximum atomic E-state index is 11.0. The van der Waals surface area contributed by atoms with Crippen molar-refractivity contribution in [2.24, 2.45) is 0 Å². The number of pyridine rings is 1. The van der Waals surface area contributed by atoms with E-state index in [9.17, 15) is 10.1 Å². The Bertz CT molecular complexity index is 605. The molecule has 0 aliphatic carbocycles. The van der Waals surface area contributed by atoms with Crippen molar-refractivity contribution in [2.75, 3.05) is 17.2 Å². The molecule has 2 heterocycles. The van der Waals surface area contributed by atoms with Gasteiger partial charge in [-0.05, 0) is 18.6 Å². The fraction of sp³-hybridized carbons (Fsp3) is 0.308. The van der Waals surface area contributed by atoms with Gasteiger partial charge < -0.3 is 10.6 Å². The topological polar surface area (TPSA) is 106 Å². The molecule has 0 aliphatic rings. The van der Waals surface area contributed by atoms with Crippen LogP contribution in [0.5, 0.6) is 0 Å². The Balaban J connectivity index is 2.16. The highest BCUT2D eigenvalue weighted by molar-refractivity contribution is 5.57. The van der Waals surface area contributed by atoms with E-state index in [-0.39, 0.29) is 11.5 Å². The van der Waals surface area contributed by atoms with Gasteiger partial charge in [-0.15, -0.1) is 0 Å². The van der Waals surface area contributed by atoms with Gasteiger partial charge in [0, 0.05) is 12.7 Å². The minimum absolute atomic E-state index is 0.159. The molecule has 0 saturated carbocycles. The van der Waals surface area contributed by atoms with Crippen molar-refractivity contribution in [1.29, 1.82) is 0 Å². The number of hydrogen-bond donors (Lipinski definition) is 2. The molecule has 2 rings (SSSR count). The van der Waals surface area contributed by atoms with Crippen LogP contribution in [0, 0.1) is 10.1 Å². The highest BCUT2D eigenvalue weighted by atomic mass is 16.6. The van der Waals surface area contributed by atoms with E-state index in [2.05, 4.69) is 25.6 Å².